The quantitative estimate of drug-likeness (QED) is 0.897. The minimum absolute atomic E-state index is 0.0837. The van der Waals surface area contributed by atoms with Crippen LogP contribution in [0, 0.1) is 0 Å². The van der Waals surface area contributed by atoms with E-state index in [4.69, 9.17) is 5.73 Å². The Morgan fingerprint density at radius 3 is 2.39 bits per heavy atom. The maximum absolute atomic E-state index is 6.34. The zero-order valence-corrected chi connectivity index (χ0v) is 11.4. The largest absolute Gasteiger partial charge is 0.320 e. The molecule has 0 aliphatic heterocycles. The molecular weight excluding hydrogens is 222 g/mol. The summed E-state index contributed by atoms with van der Waals surface area (Å²) in [5.74, 6) is 0. The molecule has 2 aromatic rings. The second-order valence-electron chi connectivity index (χ2n) is 4.63. The number of hydrogen-bond acceptors (Lipinski definition) is 2. The second kappa shape index (κ2) is 5.36. The van der Waals surface area contributed by atoms with E-state index < -0.39 is 0 Å². The van der Waals surface area contributed by atoms with Crippen LogP contribution in [-0.2, 0) is 19.9 Å². The fourth-order valence-corrected chi connectivity index (χ4v) is 2.23. The standard InChI is InChI=1S/C15H21N3/c1-4-11-6-8-12(9-7-11)15(16)13-10-18(3)17-14(13)5-2/h6-10,15H,4-5,16H2,1-3H3. The highest BCUT2D eigenvalue weighted by molar-refractivity contribution is 5.34. The molecule has 0 spiro atoms. The molecule has 1 aromatic heterocycles. The number of nitrogens with two attached hydrogens (primary N) is 1. The Kier molecular flexibility index (Phi) is 3.82. The first-order chi connectivity index (χ1) is 8.65. The van der Waals surface area contributed by atoms with Crippen LogP contribution in [0.25, 0.3) is 0 Å². The molecule has 0 saturated heterocycles. The van der Waals surface area contributed by atoms with E-state index in [1.807, 2.05) is 17.9 Å². The van der Waals surface area contributed by atoms with Gasteiger partial charge in [-0.1, -0.05) is 38.1 Å². The molecule has 1 atom stereocenters. The number of benzene rings is 1. The SMILES string of the molecule is CCc1ccc(C(N)c2cn(C)nc2CC)cc1. The lowest BCUT2D eigenvalue weighted by molar-refractivity contribution is 0.746. The summed E-state index contributed by atoms with van der Waals surface area (Å²) in [6, 6.07) is 8.46. The summed E-state index contributed by atoms with van der Waals surface area (Å²) >= 11 is 0. The summed E-state index contributed by atoms with van der Waals surface area (Å²) in [7, 11) is 1.94. The Balaban J connectivity index is 2.31. The first-order valence-corrected chi connectivity index (χ1v) is 6.52. The zero-order chi connectivity index (χ0) is 13.1. The van der Waals surface area contributed by atoms with Gasteiger partial charge in [-0.05, 0) is 24.0 Å². The van der Waals surface area contributed by atoms with Crippen LogP contribution in [0.3, 0.4) is 0 Å². The van der Waals surface area contributed by atoms with Crippen LogP contribution >= 0.6 is 0 Å². The van der Waals surface area contributed by atoms with Gasteiger partial charge in [-0.25, -0.2) is 0 Å². The first kappa shape index (κ1) is 12.8. The molecule has 96 valence electrons. The Morgan fingerprint density at radius 1 is 1.17 bits per heavy atom. The van der Waals surface area contributed by atoms with Crippen molar-refractivity contribution in [3.05, 3.63) is 52.8 Å². The lowest BCUT2D eigenvalue weighted by Crippen LogP contribution is -2.13. The smallest absolute Gasteiger partial charge is 0.0672 e. The maximum atomic E-state index is 6.34. The Labute approximate surface area is 109 Å². The van der Waals surface area contributed by atoms with Gasteiger partial charge >= 0.3 is 0 Å². The van der Waals surface area contributed by atoms with Crippen molar-refractivity contribution in [1.82, 2.24) is 9.78 Å². The third-order valence-corrected chi connectivity index (χ3v) is 3.35. The van der Waals surface area contributed by atoms with Crippen molar-refractivity contribution >= 4 is 0 Å². The predicted molar refractivity (Wildman–Crippen MR) is 74.4 cm³/mol. The van der Waals surface area contributed by atoms with Crippen molar-refractivity contribution in [2.24, 2.45) is 12.8 Å². The van der Waals surface area contributed by atoms with Crippen molar-refractivity contribution in [3.63, 3.8) is 0 Å². The van der Waals surface area contributed by atoms with Gasteiger partial charge in [0.15, 0.2) is 0 Å². The van der Waals surface area contributed by atoms with Gasteiger partial charge in [0, 0.05) is 18.8 Å². The minimum Gasteiger partial charge on any atom is -0.320 e. The van der Waals surface area contributed by atoms with E-state index in [2.05, 4.69) is 43.2 Å². The van der Waals surface area contributed by atoms with Gasteiger partial charge in [-0.3, -0.25) is 4.68 Å². The first-order valence-electron chi connectivity index (χ1n) is 6.52. The van der Waals surface area contributed by atoms with Gasteiger partial charge in [0.25, 0.3) is 0 Å². The van der Waals surface area contributed by atoms with Crippen molar-refractivity contribution in [2.45, 2.75) is 32.7 Å². The Hall–Kier alpha value is -1.61. The molecule has 18 heavy (non-hydrogen) atoms. The molecular formula is C15H21N3. The highest BCUT2D eigenvalue weighted by atomic mass is 15.3. The van der Waals surface area contributed by atoms with Crippen LogP contribution in [0.1, 0.15) is 42.3 Å². The zero-order valence-electron chi connectivity index (χ0n) is 11.4. The number of aromatic nitrogens is 2. The lowest BCUT2D eigenvalue weighted by atomic mass is 9.98. The van der Waals surface area contributed by atoms with Crippen LogP contribution in [0.2, 0.25) is 0 Å². The summed E-state index contributed by atoms with van der Waals surface area (Å²) in [6.07, 6.45) is 4.00. The molecule has 0 fully saturated rings. The van der Waals surface area contributed by atoms with Gasteiger partial charge in [0.2, 0.25) is 0 Å². The number of aryl methyl sites for hydroxylation is 3. The Morgan fingerprint density at radius 2 is 1.83 bits per heavy atom. The monoisotopic (exact) mass is 243 g/mol. The minimum atomic E-state index is -0.0837. The third-order valence-electron chi connectivity index (χ3n) is 3.35. The van der Waals surface area contributed by atoms with E-state index in [1.54, 1.807) is 0 Å². The summed E-state index contributed by atoms with van der Waals surface area (Å²) in [6.45, 7) is 4.27. The molecule has 3 heteroatoms. The summed E-state index contributed by atoms with van der Waals surface area (Å²) in [5.41, 5.74) is 11.0. The van der Waals surface area contributed by atoms with Crippen molar-refractivity contribution in [3.8, 4) is 0 Å². The molecule has 3 nitrogen and oxygen atoms in total. The van der Waals surface area contributed by atoms with E-state index in [9.17, 15) is 0 Å². The Bertz CT molecular complexity index is 511. The summed E-state index contributed by atoms with van der Waals surface area (Å²) in [4.78, 5) is 0. The predicted octanol–water partition coefficient (Wildman–Crippen LogP) is 2.59. The molecule has 0 bridgehead atoms. The maximum Gasteiger partial charge on any atom is 0.0672 e. The van der Waals surface area contributed by atoms with Gasteiger partial charge < -0.3 is 5.73 Å². The summed E-state index contributed by atoms with van der Waals surface area (Å²) in [5, 5.41) is 4.45. The highest BCUT2D eigenvalue weighted by Gasteiger charge is 2.15. The van der Waals surface area contributed by atoms with Crippen molar-refractivity contribution in [2.75, 3.05) is 0 Å². The van der Waals surface area contributed by atoms with Crippen LogP contribution in [0.4, 0.5) is 0 Å². The summed E-state index contributed by atoms with van der Waals surface area (Å²) < 4.78 is 1.84. The second-order valence-corrected chi connectivity index (χ2v) is 4.63. The molecule has 2 N–H and O–H groups in total. The number of rotatable bonds is 4. The third kappa shape index (κ3) is 2.46. The fraction of sp³-hybridized carbons (Fsp3) is 0.400. The molecule has 0 aliphatic carbocycles. The molecule has 0 radical (unpaired) electrons. The molecule has 0 aliphatic rings. The van der Waals surface area contributed by atoms with Crippen LogP contribution in [0.5, 0.6) is 0 Å². The molecule has 1 heterocycles. The van der Waals surface area contributed by atoms with Crippen LogP contribution < -0.4 is 5.73 Å². The topological polar surface area (TPSA) is 43.8 Å². The van der Waals surface area contributed by atoms with E-state index in [0.29, 0.717) is 0 Å². The average Bonchev–Trinajstić information content (AvgIpc) is 2.79. The van der Waals surface area contributed by atoms with Crippen molar-refractivity contribution in [1.29, 1.82) is 0 Å². The molecule has 1 unspecified atom stereocenters. The normalized spacial score (nSPS) is 12.7. The fourth-order valence-electron chi connectivity index (χ4n) is 2.23. The van der Waals surface area contributed by atoms with Crippen LogP contribution in [0.15, 0.2) is 30.5 Å². The average molecular weight is 243 g/mol. The molecule has 0 amide bonds. The molecule has 0 saturated carbocycles. The lowest BCUT2D eigenvalue weighted by Gasteiger charge is -2.12. The van der Waals surface area contributed by atoms with Gasteiger partial charge in [0.1, 0.15) is 0 Å². The van der Waals surface area contributed by atoms with Gasteiger partial charge in [-0.2, -0.15) is 5.10 Å². The van der Waals surface area contributed by atoms with E-state index in [1.165, 1.54) is 5.56 Å². The number of nitrogens with zero attached hydrogens (tertiary/aromatic N) is 2. The van der Waals surface area contributed by atoms with Gasteiger partial charge in [-0.15, -0.1) is 0 Å². The molecule has 1 aromatic carbocycles. The number of hydrogen-bond donors (Lipinski definition) is 1. The highest BCUT2D eigenvalue weighted by Crippen LogP contribution is 2.23. The van der Waals surface area contributed by atoms with Gasteiger partial charge in [0.05, 0.1) is 11.7 Å². The van der Waals surface area contributed by atoms with E-state index in [-0.39, 0.29) is 6.04 Å². The molecule has 2 rings (SSSR count). The van der Waals surface area contributed by atoms with Crippen molar-refractivity contribution < 1.29 is 0 Å². The van der Waals surface area contributed by atoms with E-state index in [0.717, 1.165) is 29.7 Å². The van der Waals surface area contributed by atoms with Crippen LogP contribution in [-0.4, -0.2) is 9.78 Å². The van der Waals surface area contributed by atoms with E-state index >= 15 is 0 Å².